The number of carbonyl (C=O) groups excluding carboxylic acids is 1. The lowest BCUT2D eigenvalue weighted by Gasteiger charge is -2.21. The van der Waals surface area contributed by atoms with Crippen LogP contribution in [-0.2, 0) is 20.7 Å². The average molecular weight is 373 g/mol. The lowest BCUT2D eigenvalue weighted by molar-refractivity contribution is -0.151. The minimum atomic E-state index is -1.01. The van der Waals surface area contributed by atoms with E-state index in [1.807, 2.05) is 29.6 Å². The lowest BCUT2D eigenvalue weighted by atomic mass is 10.0. The first kappa shape index (κ1) is 18.6. The van der Waals surface area contributed by atoms with Crippen LogP contribution in [0.4, 0.5) is 0 Å². The number of carboxylic acids is 1. The molecule has 3 atom stereocenters. The molecular formula is C20H23NO4S. The number of carbonyl (C=O) groups is 2. The van der Waals surface area contributed by atoms with Gasteiger partial charge in [-0.15, -0.1) is 11.3 Å². The predicted octanol–water partition coefficient (Wildman–Crippen LogP) is 3.54. The maximum Gasteiger partial charge on any atom is 0.332 e. The molecule has 0 spiro atoms. The number of rotatable bonds is 7. The second-order valence-corrected chi connectivity index (χ2v) is 7.46. The third-order valence-electron chi connectivity index (χ3n) is 4.55. The molecule has 2 N–H and O–H groups in total. The largest absolute Gasteiger partial charge is 0.479 e. The van der Waals surface area contributed by atoms with Gasteiger partial charge in [0.2, 0.25) is 5.91 Å². The second kappa shape index (κ2) is 8.47. The van der Waals surface area contributed by atoms with Gasteiger partial charge in [0.25, 0.3) is 0 Å². The molecule has 1 aliphatic heterocycles. The van der Waals surface area contributed by atoms with Crippen LogP contribution < -0.4 is 5.32 Å². The van der Waals surface area contributed by atoms with E-state index in [4.69, 9.17) is 9.84 Å². The van der Waals surface area contributed by atoms with Crippen LogP contribution in [0.15, 0.2) is 41.8 Å². The summed E-state index contributed by atoms with van der Waals surface area (Å²) in [5.41, 5.74) is 2.28. The van der Waals surface area contributed by atoms with Crippen LogP contribution >= 0.6 is 11.3 Å². The highest BCUT2D eigenvalue weighted by atomic mass is 32.1. The standard InChI is InChI=1S/C20H23NO4S/c1-2-4-13-6-8-14(9-7-13)18(17-5-3-12-26-17)21-19(22)15-10-11-16(25-15)20(23)24/h3,5-9,12,15-16,18H,2,4,10-11H2,1H3,(H,21,22)(H,23,24)/t15-,16+,18?/m0/s1. The van der Waals surface area contributed by atoms with Crippen molar-refractivity contribution >= 4 is 23.2 Å². The molecule has 0 aliphatic carbocycles. The van der Waals surface area contributed by atoms with Crippen LogP contribution in [0.2, 0.25) is 0 Å². The Labute approximate surface area is 157 Å². The predicted molar refractivity (Wildman–Crippen MR) is 100 cm³/mol. The number of hydrogen-bond donors (Lipinski definition) is 2. The first-order valence-electron chi connectivity index (χ1n) is 8.89. The first-order chi connectivity index (χ1) is 12.6. The van der Waals surface area contributed by atoms with Crippen molar-refractivity contribution in [2.45, 2.75) is 50.9 Å². The van der Waals surface area contributed by atoms with Gasteiger partial charge < -0.3 is 15.2 Å². The highest BCUT2D eigenvalue weighted by Gasteiger charge is 2.35. The summed E-state index contributed by atoms with van der Waals surface area (Å²) in [4.78, 5) is 24.7. The Kier molecular flexibility index (Phi) is 6.06. The Hall–Kier alpha value is -2.18. The van der Waals surface area contributed by atoms with Gasteiger partial charge in [0.05, 0.1) is 6.04 Å². The van der Waals surface area contributed by atoms with Crippen molar-refractivity contribution in [1.29, 1.82) is 0 Å². The zero-order chi connectivity index (χ0) is 18.5. The van der Waals surface area contributed by atoms with E-state index in [9.17, 15) is 9.59 Å². The van der Waals surface area contributed by atoms with Crippen molar-refractivity contribution in [2.24, 2.45) is 0 Å². The molecule has 1 aliphatic rings. The maximum absolute atomic E-state index is 12.6. The van der Waals surface area contributed by atoms with Crippen LogP contribution in [0.25, 0.3) is 0 Å². The molecule has 3 rings (SSSR count). The van der Waals surface area contributed by atoms with E-state index in [0.29, 0.717) is 12.8 Å². The zero-order valence-electron chi connectivity index (χ0n) is 14.7. The Morgan fingerprint density at radius 1 is 1.23 bits per heavy atom. The summed E-state index contributed by atoms with van der Waals surface area (Å²) >= 11 is 1.58. The molecule has 1 amide bonds. The number of benzene rings is 1. The van der Waals surface area contributed by atoms with Gasteiger partial charge >= 0.3 is 5.97 Å². The number of carboxylic acid groups (broad SMARTS) is 1. The monoisotopic (exact) mass is 373 g/mol. The summed E-state index contributed by atoms with van der Waals surface area (Å²) in [6, 6.07) is 12.0. The molecule has 1 aromatic carbocycles. The zero-order valence-corrected chi connectivity index (χ0v) is 15.5. The number of hydrogen-bond acceptors (Lipinski definition) is 4. The lowest BCUT2D eigenvalue weighted by Crippen LogP contribution is -2.38. The van der Waals surface area contributed by atoms with Crippen molar-refractivity contribution in [1.82, 2.24) is 5.32 Å². The highest BCUT2D eigenvalue weighted by molar-refractivity contribution is 7.10. The molecule has 1 saturated heterocycles. The highest BCUT2D eigenvalue weighted by Crippen LogP contribution is 2.28. The summed E-state index contributed by atoms with van der Waals surface area (Å²) < 4.78 is 5.38. The van der Waals surface area contributed by atoms with Gasteiger partial charge in [0.15, 0.2) is 6.10 Å². The molecule has 6 heteroatoms. The van der Waals surface area contributed by atoms with Gasteiger partial charge in [-0.25, -0.2) is 4.79 Å². The fourth-order valence-electron chi connectivity index (χ4n) is 3.19. The molecule has 0 radical (unpaired) electrons. The number of thiophene rings is 1. The van der Waals surface area contributed by atoms with Crippen LogP contribution in [0, 0.1) is 0 Å². The summed E-state index contributed by atoms with van der Waals surface area (Å²) in [5, 5.41) is 14.1. The number of nitrogens with one attached hydrogen (secondary N) is 1. The molecule has 1 unspecified atom stereocenters. The van der Waals surface area contributed by atoms with Crippen molar-refractivity contribution < 1.29 is 19.4 Å². The van der Waals surface area contributed by atoms with Gasteiger partial charge in [-0.05, 0) is 41.8 Å². The molecule has 138 valence electrons. The summed E-state index contributed by atoms with van der Waals surface area (Å²) in [7, 11) is 0. The van der Waals surface area contributed by atoms with Gasteiger partial charge in [-0.3, -0.25) is 4.79 Å². The van der Waals surface area contributed by atoms with E-state index in [2.05, 4.69) is 24.4 Å². The van der Waals surface area contributed by atoms with Gasteiger partial charge in [0, 0.05) is 4.88 Å². The van der Waals surface area contributed by atoms with Crippen molar-refractivity contribution in [2.75, 3.05) is 0 Å². The van der Waals surface area contributed by atoms with Crippen molar-refractivity contribution in [3.63, 3.8) is 0 Å². The Morgan fingerprint density at radius 2 is 1.96 bits per heavy atom. The van der Waals surface area contributed by atoms with E-state index < -0.39 is 18.2 Å². The van der Waals surface area contributed by atoms with E-state index in [1.54, 1.807) is 11.3 Å². The fraction of sp³-hybridized carbons (Fsp3) is 0.400. The van der Waals surface area contributed by atoms with E-state index in [0.717, 1.165) is 23.3 Å². The van der Waals surface area contributed by atoms with Gasteiger partial charge in [-0.1, -0.05) is 43.7 Å². The van der Waals surface area contributed by atoms with Gasteiger partial charge in [-0.2, -0.15) is 0 Å². The Morgan fingerprint density at radius 3 is 2.54 bits per heavy atom. The maximum atomic E-state index is 12.6. The number of amides is 1. The Balaban J connectivity index is 1.75. The summed E-state index contributed by atoms with van der Waals surface area (Å²) in [6.45, 7) is 2.15. The van der Waals surface area contributed by atoms with Crippen molar-refractivity contribution in [3.05, 3.63) is 57.8 Å². The number of aryl methyl sites for hydroxylation is 1. The molecule has 2 heterocycles. The molecule has 2 aromatic rings. The topological polar surface area (TPSA) is 75.6 Å². The molecule has 1 fully saturated rings. The molecular weight excluding hydrogens is 350 g/mol. The Bertz CT molecular complexity index is 742. The van der Waals surface area contributed by atoms with E-state index >= 15 is 0 Å². The van der Waals surface area contributed by atoms with Crippen LogP contribution in [-0.4, -0.2) is 29.2 Å². The molecule has 5 nitrogen and oxygen atoms in total. The van der Waals surface area contributed by atoms with Crippen LogP contribution in [0.5, 0.6) is 0 Å². The van der Waals surface area contributed by atoms with Crippen LogP contribution in [0.1, 0.15) is 48.2 Å². The summed E-state index contributed by atoms with van der Waals surface area (Å²) in [5.74, 6) is -1.27. The molecule has 26 heavy (non-hydrogen) atoms. The third kappa shape index (κ3) is 4.31. The SMILES string of the molecule is CCCc1ccc(C(NC(=O)[C@@H]2CC[C@H](C(=O)O)O2)c2cccs2)cc1. The quantitative estimate of drug-likeness (QED) is 0.778. The number of ether oxygens (including phenoxy) is 1. The minimum absolute atomic E-state index is 0.259. The van der Waals surface area contributed by atoms with E-state index in [1.165, 1.54) is 5.56 Å². The number of aliphatic carboxylic acids is 1. The molecule has 0 bridgehead atoms. The smallest absolute Gasteiger partial charge is 0.332 e. The van der Waals surface area contributed by atoms with Crippen molar-refractivity contribution in [3.8, 4) is 0 Å². The van der Waals surface area contributed by atoms with Crippen LogP contribution in [0.3, 0.4) is 0 Å². The minimum Gasteiger partial charge on any atom is -0.479 e. The average Bonchev–Trinajstić information content (AvgIpc) is 3.32. The van der Waals surface area contributed by atoms with E-state index in [-0.39, 0.29) is 11.9 Å². The first-order valence-corrected chi connectivity index (χ1v) is 9.77. The third-order valence-corrected chi connectivity index (χ3v) is 5.49. The molecule has 1 aromatic heterocycles. The normalized spacial score (nSPS) is 20.7. The second-order valence-electron chi connectivity index (χ2n) is 6.48. The fourth-order valence-corrected chi connectivity index (χ4v) is 3.99. The molecule has 0 saturated carbocycles. The summed E-state index contributed by atoms with van der Waals surface area (Å²) in [6.07, 6.45) is 1.31. The van der Waals surface area contributed by atoms with Gasteiger partial charge in [0.1, 0.15) is 6.10 Å².